The van der Waals surface area contributed by atoms with E-state index in [0.717, 1.165) is 19.6 Å². The topological polar surface area (TPSA) is 32.3 Å². The van der Waals surface area contributed by atoms with Crippen LogP contribution in [-0.2, 0) is 4.79 Å². The summed E-state index contributed by atoms with van der Waals surface area (Å²) in [5.41, 5.74) is 0. The Hall–Kier alpha value is -0.870. The van der Waals surface area contributed by atoms with Crippen molar-refractivity contribution >= 4 is 17.2 Å². The molecule has 0 bridgehead atoms. The smallest absolute Gasteiger partial charge is 0.222 e. The maximum atomic E-state index is 11.8. The van der Waals surface area contributed by atoms with Gasteiger partial charge in [-0.2, -0.15) is 0 Å². The third-order valence-corrected chi connectivity index (χ3v) is 4.92. The Morgan fingerprint density at radius 2 is 2.00 bits per heavy atom. The van der Waals surface area contributed by atoms with Gasteiger partial charge in [0.15, 0.2) is 0 Å². The predicted octanol–water partition coefficient (Wildman–Crippen LogP) is 3.44. The third kappa shape index (κ3) is 4.32. The molecule has 1 aliphatic rings. The third-order valence-electron chi connectivity index (χ3n) is 3.95. The zero-order chi connectivity index (χ0) is 14.4. The maximum Gasteiger partial charge on any atom is 0.222 e. The van der Waals surface area contributed by atoms with E-state index in [2.05, 4.69) is 27.7 Å². The lowest BCUT2D eigenvalue weighted by molar-refractivity contribution is -0.124. The van der Waals surface area contributed by atoms with Gasteiger partial charge in [0.05, 0.1) is 6.04 Å². The summed E-state index contributed by atoms with van der Waals surface area (Å²) in [6.07, 6.45) is 5.23. The monoisotopic (exact) mass is 294 g/mol. The first kappa shape index (κ1) is 15.5. The number of likely N-dealkylation sites (tertiary alicyclic amines) is 1. The lowest BCUT2D eigenvalue weighted by Crippen LogP contribution is -2.39. The zero-order valence-corrected chi connectivity index (χ0v) is 13.4. The summed E-state index contributed by atoms with van der Waals surface area (Å²) in [6.45, 7) is 6.93. The second-order valence-electron chi connectivity index (χ2n) is 5.88. The Labute approximate surface area is 126 Å². The minimum atomic E-state index is 0.0584. The predicted molar refractivity (Wildman–Crippen MR) is 84.9 cm³/mol. The molecule has 1 amide bonds. The molecule has 3 nitrogen and oxygen atoms in total. The molecule has 112 valence electrons. The Balaban J connectivity index is 2.02. The molecule has 1 saturated heterocycles. The van der Waals surface area contributed by atoms with Gasteiger partial charge in [-0.1, -0.05) is 32.8 Å². The number of carbonyl (C=O) groups is 1. The fourth-order valence-electron chi connectivity index (χ4n) is 2.70. The molecule has 0 aliphatic carbocycles. The number of carbonyl (C=O) groups excluding carboxylic acids is 1. The molecule has 0 unspecified atom stereocenters. The van der Waals surface area contributed by atoms with E-state index in [0.29, 0.717) is 6.04 Å². The lowest BCUT2D eigenvalue weighted by Gasteiger charge is -2.30. The molecule has 4 heteroatoms. The van der Waals surface area contributed by atoms with E-state index in [1.54, 1.807) is 11.3 Å². The number of nitrogens with zero attached hydrogens (tertiary/aromatic N) is 1. The van der Waals surface area contributed by atoms with Gasteiger partial charge in [-0.15, -0.1) is 11.3 Å². The molecule has 0 spiro atoms. The molecule has 1 aromatic heterocycles. The van der Waals surface area contributed by atoms with Crippen LogP contribution in [0.2, 0.25) is 0 Å². The molecule has 1 atom stereocenters. The number of hydrogen-bond donors (Lipinski definition) is 1. The molecule has 1 aromatic rings. The van der Waals surface area contributed by atoms with Crippen molar-refractivity contribution in [3.63, 3.8) is 0 Å². The van der Waals surface area contributed by atoms with Crippen LogP contribution in [0.3, 0.4) is 0 Å². The van der Waals surface area contributed by atoms with Gasteiger partial charge in [-0.3, -0.25) is 9.69 Å². The van der Waals surface area contributed by atoms with Gasteiger partial charge in [0.1, 0.15) is 0 Å². The van der Waals surface area contributed by atoms with Crippen molar-refractivity contribution in [3.05, 3.63) is 22.4 Å². The summed E-state index contributed by atoms with van der Waals surface area (Å²) < 4.78 is 0. The number of thiophene rings is 1. The fraction of sp³-hybridized carbons (Fsp3) is 0.688. The van der Waals surface area contributed by atoms with E-state index in [4.69, 9.17) is 0 Å². The van der Waals surface area contributed by atoms with Gasteiger partial charge in [0, 0.05) is 17.3 Å². The summed E-state index contributed by atoms with van der Waals surface area (Å²) in [4.78, 5) is 15.8. The van der Waals surface area contributed by atoms with Crippen LogP contribution >= 0.6 is 11.3 Å². The van der Waals surface area contributed by atoms with Crippen LogP contribution in [0, 0.1) is 5.92 Å². The molecular formula is C16H26N2OS. The Morgan fingerprint density at radius 1 is 1.30 bits per heavy atom. The maximum absolute atomic E-state index is 11.8. The van der Waals surface area contributed by atoms with E-state index in [1.807, 2.05) is 13.8 Å². The van der Waals surface area contributed by atoms with E-state index in [9.17, 15) is 4.79 Å². The quantitative estimate of drug-likeness (QED) is 0.902. The molecule has 2 heterocycles. The van der Waals surface area contributed by atoms with Crippen LogP contribution in [0.5, 0.6) is 0 Å². The first-order valence-corrected chi connectivity index (χ1v) is 8.61. The second kappa shape index (κ2) is 7.79. The van der Waals surface area contributed by atoms with Crippen LogP contribution < -0.4 is 5.32 Å². The molecule has 20 heavy (non-hydrogen) atoms. The highest BCUT2D eigenvalue weighted by atomic mass is 32.1. The number of nitrogens with one attached hydrogen (secondary N) is 1. The summed E-state index contributed by atoms with van der Waals surface area (Å²) in [5, 5.41) is 5.24. The molecular weight excluding hydrogens is 268 g/mol. The highest BCUT2D eigenvalue weighted by molar-refractivity contribution is 7.10. The first-order valence-electron chi connectivity index (χ1n) is 7.73. The van der Waals surface area contributed by atoms with E-state index >= 15 is 0 Å². The van der Waals surface area contributed by atoms with Gasteiger partial charge in [-0.05, 0) is 37.4 Å². The van der Waals surface area contributed by atoms with Crippen molar-refractivity contribution in [2.24, 2.45) is 5.92 Å². The van der Waals surface area contributed by atoms with E-state index in [1.165, 1.54) is 30.6 Å². The summed E-state index contributed by atoms with van der Waals surface area (Å²) in [7, 11) is 0. The molecule has 1 fully saturated rings. The Morgan fingerprint density at radius 3 is 2.55 bits per heavy atom. The van der Waals surface area contributed by atoms with E-state index < -0.39 is 0 Å². The van der Waals surface area contributed by atoms with Crippen LogP contribution in [0.1, 0.15) is 50.4 Å². The van der Waals surface area contributed by atoms with Crippen molar-refractivity contribution in [1.29, 1.82) is 0 Å². The highest BCUT2D eigenvalue weighted by Crippen LogP contribution is 2.27. The minimum absolute atomic E-state index is 0.0584. The van der Waals surface area contributed by atoms with Crippen LogP contribution in [0.25, 0.3) is 0 Å². The highest BCUT2D eigenvalue weighted by Gasteiger charge is 2.23. The van der Waals surface area contributed by atoms with Crippen molar-refractivity contribution in [2.75, 3.05) is 19.6 Å². The van der Waals surface area contributed by atoms with Crippen LogP contribution in [0.15, 0.2) is 17.5 Å². The summed E-state index contributed by atoms with van der Waals surface area (Å²) in [6, 6.07) is 4.65. The molecule has 0 radical (unpaired) electrons. The van der Waals surface area contributed by atoms with Gasteiger partial charge < -0.3 is 5.32 Å². The molecule has 0 aromatic carbocycles. The fourth-order valence-corrected chi connectivity index (χ4v) is 3.56. The number of hydrogen-bond acceptors (Lipinski definition) is 3. The minimum Gasteiger partial charge on any atom is -0.354 e. The van der Waals surface area contributed by atoms with Crippen molar-refractivity contribution in [2.45, 2.75) is 45.6 Å². The van der Waals surface area contributed by atoms with Gasteiger partial charge in [0.2, 0.25) is 5.91 Å². The average Bonchev–Trinajstić information content (AvgIpc) is 2.82. The molecule has 1 N–H and O–H groups in total. The standard InChI is InChI=1S/C16H26N2OS/c1-13(2)16(19)17-12-14(15-8-7-11-20-15)18-9-5-3-4-6-10-18/h7-8,11,13-14H,3-6,9-10,12H2,1-2H3,(H,17,19)/t14-/m1/s1. The molecule has 2 rings (SSSR count). The first-order chi connectivity index (χ1) is 9.68. The molecule has 0 saturated carbocycles. The zero-order valence-electron chi connectivity index (χ0n) is 12.6. The summed E-state index contributed by atoms with van der Waals surface area (Å²) in [5.74, 6) is 0.212. The summed E-state index contributed by atoms with van der Waals surface area (Å²) >= 11 is 1.80. The van der Waals surface area contributed by atoms with Crippen molar-refractivity contribution in [1.82, 2.24) is 10.2 Å². The SMILES string of the molecule is CC(C)C(=O)NC[C@H](c1cccs1)N1CCCCCC1. The number of rotatable bonds is 5. The normalized spacial score (nSPS) is 18.8. The van der Waals surface area contributed by atoms with Gasteiger partial charge >= 0.3 is 0 Å². The van der Waals surface area contributed by atoms with Gasteiger partial charge in [0.25, 0.3) is 0 Å². The van der Waals surface area contributed by atoms with Crippen LogP contribution in [-0.4, -0.2) is 30.4 Å². The van der Waals surface area contributed by atoms with Crippen molar-refractivity contribution in [3.8, 4) is 0 Å². The average molecular weight is 294 g/mol. The van der Waals surface area contributed by atoms with E-state index in [-0.39, 0.29) is 11.8 Å². The number of amides is 1. The largest absolute Gasteiger partial charge is 0.354 e. The Kier molecular flexibility index (Phi) is 6.05. The molecule has 1 aliphatic heterocycles. The Bertz CT molecular complexity index is 395. The van der Waals surface area contributed by atoms with Crippen molar-refractivity contribution < 1.29 is 4.79 Å². The van der Waals surface area contributed by atoms with Crippen LogP contribution in [0.4, 0.5) is 0 Å². The second-order valence-corrected chi connectivity index (χ2v) is 6.86. The van der Waals surface area contributed by atoms with Gasteiger partial charge in [-0.25, -0.2) is 0 Å². The lowest BCUT2D eigenvalue weighted by atomic mass is 10.1.